The van der Waals surface area contributed by atoms with Crippen molar-refractivity contribution in [2.24, 2.45) is 5.41 Å². The minimum absolute atomic E-state index is 0.119. The molecule has 0 aromatic heterocycles. The molecule has 17 heavy (non-hydrogen) atoms. The maximum atomic E-state index is 12.3. The van der Waals surface area contributed by atoms with E-state index in [1.165, 1.54) is 0 Å². The summed E-state index contributed by atoms with van der Waals surface area (Å²) < 4.78 is 5.48. The van der Waals surface area contributed by atoms with Gasteiger partial charge < -0.3 is 9.84 Å². The Morgan fingerprint density at radius 1 is 1.53 bits per heavy atom. The molecule has 0 amide bonds. The van der Waals surface area contributed by atoms with E-state index in [-0.39, 0.29) is 18.8 Å². The number of hydrogen-bond acceptors (Lipinski definition) is 3. The Kier molecular flexibility index (Phi) is 2.65. The molecule has 0 saturated heterocycles. The van der Waals surface area contributed by atoms with Crippen molar-refractivity contribution < 1.29 is 19.4 Å². The molecule has 1 unspecified atom stereocenters. The first-order valence-electron chi connectivity index (χ1n) is 5.42. The second-order valence-electron chi connectivity index (χ2n) is 4.75. The second-order valence-corrected chi connectivity index (χ2v) is 4.75. The van der Waals surface area contributed by atoms with Crippen LogP contribution in [-0.2, 0) is 4.79 Å². The molecular formula is C13H14O4. The van der Waals surface area contributed by atoms with Gasteiger partial charge in [0.2, 0.25) is 0 Å². The number of Topliss-reactive ketones (excluding diaryl/α,β-unsaturated/α-hetero) is 1. The normalized spacial score (nSPS) is 22.8. The number of carbonyl (C=O) groups excluding carboxylic acids is 1. The Hall–Kier alpha value is -1.84. The molecule has 1 atom stereocenters. The molecule has 1 aliphatic heterocycles. The predicted octanol–water partition coefficient (Wildman–Crippen LogP) is 2.05. The van der Waals surface area contributed by atoms with E-state index in [0.717, 1.165) is 5.56 Å². The van der Waals surface area contributed by atoms with E-state index in [0.29, 0.717) is 11.3 Å². The minimum Gasteiger partial charge on any atom is -0.492 e. The lowest BCUT2D eigenvalue weighted by Gasteiger charge is -2.32. The lowest BCUT2D eigenvalue weighted by Crippen LogP contribution is -2.40. The molecule has 1 heterocycles. The third kappa shape index (κ3) is 2.02. The van der Waals surface area contributed by atoms with Crippen molar-refractivity contribution in [2.45, 2.75) is 20.3 Å². The van der Waals surface area contributed by atoms with Crippen LogP contribution in [0.4, 0.5) is 0 Å². The number of benzene rings is 1. The summed E-state index contributed by atoms with van der Waals surface area (Å²) in [5, 5.41) is 8.84. The fourth-order valence-corrected chi connectivity index (χ4v) is 2.04. The Bertz CT molecular complexity index is 492. The number of aryl methyl sites for hydroxylation is 1. The number of carbonyl (C=O) groups is 2. The predicted molar refractivity (Wildman–Crippen MR) is 61.4 cm³/mol. The topological polar surface area (TPSA) is 63.6 Å². The molecule has 0 radical (unpaired) electrons. The van der Waals surface area contributed by atoms with Gasteiger partial charge in [-0.05, 0) is 26.0 Å². The van der Waals surface area contributed by atoms with E-state index in [4.69, 9.17) is 9.84 Å². The summed E-state index contributed by atoms with van der Waals surface area (Å²) in [6.07, 6.45) is -0.209. The van der Waals surface area contributed by atoms with Crippen LogP contribution < -0.4 is 4.74 Å². The highest BCUT2D eigenvalue weighted by Gasteiger charge is 2.41. The lowest BCUT2D eigenvalue weighted by atomic mass is 9.78. The highest BCUT2D eigenvalue weighted by Crippen LogP contribution is 2.36. The van der Waals surface area contributed by atoms with Crippen molar-refractivity contribution >= 4 is 11.8 Å². The summed E-state index contributed by atoms with van der Waals surface area (Å²) in [7, 11) is 0. The van der Waals surface area contributed by atoms with Gasteiger partial charge in [-0.2, -0.15) is 0 Å². The number of carboxylic acid groups (broad SMARTS) is 1. The van der Waals surface area contributed by atoms with Gasteiger partial charge >= 0.3 is 5.97 Å². The third-order valence-corrected chi connectivity index (χ3v) is 3.02. The molecule has 2 rings (SSSR count). The van der Waals surface area contributed by atoms with Crippen molar-refractivity contribution in [1.29, 1.82) is 0 Å². The summed E-state index contributed by atoms with van der Waals surface area (Å²) in [4.78, 5) is 23.1. The number of rotatable bonds is 2. The molecule has 1 aromatic rings. The zero-order valence-corrected chi connectivity index (χ0v) is 9.82. The zero-order valence-electron chi connectivity index (χ0n) is 9.82. The summed E-state index contributed by atoms with van der Waals surface area (Å²) in [5.74, 6) is -0.589. The van der Waals surface area contributed by atoms with E-state index in [9.17, 15) is 9.59 Å². The number of ether oxygens (including phenoxy) is 1. The monoisotopic (exact) mass is 234 g/mol. The fraction of sp³-hybridized carbons (Fsp3) is 0.385. The first kappa shape index (κ1) is 11.6. The van der Waals surface area contributed by atoms with Crippen LogP contribution >= 0.6 is 0 Å². The molecular weight excluding hydrogens is 220 g/mol. The molecule has 1 aliphatic rings. The first-order chi connectivity index (χ1) is 7.92. The zero-order chi connectivity index (χ0) is 12.6. The Labute approximate surface area is 99.2 Å². The number of ketones is 1. The quantitative estimate of drug-likeness (QED) is 0.850. The molecule has 0 fully saturated rings. The molecule has 90 valence electrons. The van der Waals surface area contributed by atoms with Gasteiger partial charge in [-0.15, -0.1) is 0 Å². The SMILES string of the molecule is Cc1ccc2c(c1)C(=O)C(C)(CC(=O)O)CO2. The van der Waals surface area contributed by atoms with Crippen molar-refractivity contribution in [3.63, 3.8) is 0 Å². The van der Waals surface area contributed by atoms with Crippen LogP contribution in [0, 0.1) is 12.3 Å². The number of hydrogen-bond donors (Lipinski definition) is 1. The van der Waals surface area contributed by atoms with E-state index < -0.39 is 11.4 Å². The Morgan fingerprint density at radius 3 is 2.88 bits per heavy atom. The first-order valence-corrected chi connectivity index (χ1v) is 5.42. The van der Waals surface area contributed by atoms with Crippen LogP contribution in [0.15, 0.2) is 18.2 Å². The van der Waals surface area contributed by atoms with Crippen LogP contribution in [0.3, 0.4) is 0 Å². The van der Waals surface area contributed by atoms with E-state index in [1.807, 2.05) is 13.0 Å². The molecule has 1 N–H and O–H groups in total. The maximum Gasteiger partial charge on any atom is 0.304 e. The van der Waals surface area contributed by atoms with Crippen LogP contribution in [0.2, 0.25) is 0 Å². The standard InChI is InChI=1S/C13H14O4/c1-8-3-4-10-9(5-8)12(16)13(2,7-17-10)6-11(14)15/h3-5H,6-7H2,1-2H3,(H,14,15). The molecule has 0 spiro atoms. The van der Waals surface area contributed by atoms with Crippen LogP contribution in [0.1, 0.15) is 29.3 Å². The molecule has 0 aliphatic carbocycles. The maximum absolute atomic E-state index is 12.3. The minimum atomic E-state index is -0.986. The van der Waals surface area contributed by atoms with Gasteiger partial charge in [0.1, 0.15) is 12.4 Å². The number of carboxylic acids is 1. The van der Waals surface area contributed by atoms with Gasteiger partial charge in [0, 0.05) is 0 Å². The van der Waals surface area contributed by atoms with Crippen LogP contribution in [0.5, 0.6) is 5.75 Å². The summed E-state index contributed by atoms with van der Waals surface area (Å²) in [6, 6.07) is 5.37. The highest BCUT2D eigenvalue weighted by molar-refractivity contribution is 6.05. The molecule has 4 nitrogen and oxygen atoms in total. The molecule has 4 heteroatoms. The summed E-state index contributed by atoms with van der Waals surface area (Å²) in [5.41, 5.74) is 0.479. The van der Waals surface area contributed by atoms with Crippen molar-refractivity contribution in [3.8, 4) is 5.75 Å². The van der Waals surface area contributed by atoms with Crippen LogP contribution in [0.25, 0.3) is 0 Å². The molecule has 0 saturated carbocycles. The van der Waals surface area contributed by atoms with Crippen LogP contribution in [-0.4, -0.2) is 23.5 Å². The third-order valence-electron chi connectivity index (χ3n) is 3.02. The van der Waals surface area contributed by atoms with Gasteiger partial charge in [0.05, 0.1) is 17.4 Å². The van der Waals surface area contributed by atoms with Gasteiger partial charge in [-0.3, -0.25) is 9.59 Å². The number of fused-ring (bicyclic) bond motifs is 1. The van der Waals surface area contributed by atoms with Crippen molar-refractivity contribution in [2.75, 3.05) is 6.61 Å². The second kappa shape index (κ2) is 3.87. The highest BCUT2D eigenvalue weighted by atomic mass is 16.5. The fourth-order valence-electron chi connectivity index (χ4n) is 2.04. The van der Waals surface area contributed by atoms with Gasteiger partial charge in [0.25, 0.3) is 0 Å². The summed E-state index contributed by atoms with van der Waals surface area (Å²) >= 11 is 0. The van der Waals surface area contributed by atoms with Crippen molar-refractivity contribution in [3.05, 3.63) is 29.3 Å². The largest absolute Gasteiger partial charge is 0.492 e. The molecule has 1 aromatic carbocycles. The Balaban J connectivity index is 2.41. The average Bonchev–Trinajstić information content (AvgIpc) is 2.24. The van der Waals surface area contributed by atoms with Gasteiger partial charge in [-0.1, -0.05) is 11.6 Å². The Morgan fingerprint density at radius 2 is 2.24 bits per heavy atom. The smallest absolute Gasteiger partial charge is 0.304 e. The molecule has 0 bridgehead atoms. The summed E-state index contributed by atoms with van der Waals surface area (Å²) in [6.45, 7) is 3.64. The average molecular weight is 234 g/mol. The van der Waals surface area contributed by atoms with E-state index in [1.54, 1.807) is 19.1 Å². The van der Waals surface area contributed by atoms with Gasteiger partial charge in [0.15, 0.2) is 5.78 Å². The van der Waals surface area contributed by atoms with Crippen molar-refractivity contribution in [1.82, 2.24) is 0 Å². The lowest BCUT2D eigenvalue weighted by molar-refractivity contribution is -0.139. The van der Waals surface area contributed by atoms with E-state index in [2.05, 4.69) is 0 Å². The van der Waals surface area contributed by atoms with Gasteiger partial charge in [-0.25, -0.2) is 0 Å². The number of aliphatic carboxylic acids is 1. The van der Waals surface area contributed by atoms with E-state index >= 15 is 0 Å².